The van der Waals surface area contributed by atoms with E-state index in [0.29, 0.717) is 31.5 Å². The average molecular weight is 521 g/mol. The second kappa shape index (κ2) is 8.78. The van der Waals surface area contributed by atoms with Gasteiger partial charge in [0.25, 0.3) is 11.6 Å². The number of halogens is 2. The summed E-state index contributed by atoms with van der Waals surface area (Å²) in [4.78, 5) is 23.3. The minimum Gasteiger partial charge on any atom is -0.457 e. The number of furan rings is 1. The number of hydrogen-bond donors (Lipinski definition) is 2. The molecule has 1 aliphatic heterocycles. The number of thioether (sulfide) groups is 1. The molecule has 0 bridgehead atoms. The van der Waals surface area contributed by atoms with Crippen molar-refractivity contribution in [2.45, 2.75) is 12.4 Å². The van der Waals surface area contributed by atoms with Gasteiger partial charge in [0.2, 0.25) is 0 Å². The predicted octanol–water partition coefficient (Wildman–Crippen LogP) is 6.18. The molecule has 1 aromatic heterocycles. The van der Waals surface area contributed by atoms with Crippen LogP contribution in [0.5, 0.6) is 0 Å². The van der Waals surface area contributed by atoms with E-state index in [1.165, 1.54) is 23.9 Å². The fourth-order valence-corrected chi connectivity index (χ4v) is 4.76. The molecule has 7 nitrogen and oxygen atoms in total. The SMILES string of the molecule is Cc1cc(Cl)ccc1NC1NC(=O)/C(=C/c2ccc(-c3ccc([N+](=O)[O-])cc3Br)o2)S1. The summed E-state index contributed by atoms with van der Waals surface area (Å²) in [5.74, 6) is 0.827. The smallest absolute Gasteiger partial charge is 0.270 e. The van der Waals surface area contributed by atoms with Gasteiger partial charge in [-0.15, -0.1) is 0 Å². The Morgan fingerprint density at radius 2 is 2.06 bits per heavy atom. The summed E-state index contributed by atoms with van der Waals surface area (Å²) in [5.41, 5.74) is 2.20. The Labute approximate surface area is 195 Å². The molecule has 0 saturated carbocycles. The second-order valence-corrected chi connectivity index (χ2v) is 9.14. The van der Waals surface area contributed by atoms with E-state index in [2.05, 4.69) is 26.6 Å². The number of anilines is 1. The third kappa shape index (κ3) is 4.79. The number of nitrogens with zero attached hydrogens (tertiary/aromatic N) is 1. The number of non-ortho nitro benzene ring substituents is 1. The number of rotatable bonds is 5. The van der Waals surface area contributed by atoms with Crippen LogP contribution in [0, 0.1) is 17.0 Å². The number of amides is 1. The molecule has 2 heterocycles. The van der Waals surface area contributed by atoms with Crippen molar-refractivity contribution in [1.82, 2.24) is 5.32 Å². The highest BCUT2D eigenvalue weighted by Gasteiger charge is 2.28. The van der Waals surface area contributed by atoms with Crippen LogP contribution < -0.4 is 10.6 Å². The summed E-state index contributed by atoms with van der Waals surface area (Å²) >= 11 is 10.7. The summed E-state index contributed by atoms with van der Waals surface area (Å²) in [7, 11) is 0. The van der Waals surface area contributed by atoms with E-state index in [4.69, 9.17) is 16.0 Å². The molecule has 2 aromatic carbocycles. The first-order valence-electron chi connectivity index (χ1n) is 9.06. The van der Waals surface area contributed by atoms with Crippen molar-refractivity contribution in [3.05, 3.63) is 84.4 Å². The number of benzene rings is 2. The van der Waals surface area contributed by atoms with Crippen LogP contribution in [0.2, 0.25) is 5.02 Å². The van der Waals surface area contributed by atoms with Crippen molar-refractivity contribution < 1.29 is 14.1 Å². The predicted molar refractivity (Wildman–Crippen MR) is 126 cm³/mol. The van der Waals surface area contributed by atoms with Gasteiger partial charge < -0.3 is 15.1 Å². The van der Waals surface area contributed by atoms with Crippen molar-refractivity contribution in [2.24, 2.45) is 0 Å². The molecule has 1 atom stereocenters. The fourth-order valence-electron chi connectivity index (χ4n) is 3.02. The molecule has 1 aliphatic rings. The van der Waals surface area contributed by atoms with Crippen LogP contribution in [0.3, 0.4) is 0 Å². The summed E-state index contributed by atoms with van der Waals surface area (Å²) in [5, 5.41) is 17.7. The highest BCUT2D eigenvalue weighted by atomic mass is 79.9. The Bertz CT molecular complexity index is 1230. The van der Waals surface area contributed by atoms with Crippen LogP contribution in [-0.2, 0) is 4.79 Å². The summed E-state index contributed by atoms with van der Waals surface area (Å²) in [6.07, 6.45) is 1.67. The molecule has 1 fully saturated rings. The first-order valence-corrected chi connectivity index (χ1v) is 11.1. The first kappa shape index (κ1) is 21.5. The zero-order valence-corrected chi connectivity index (χ0v) is 19.2. The molecule has 1 amide bonds. The van der Waals surface area contributed by atoms with E-state index < -0.39 is 4.92 Å². The van der Waals surface area contributed by atoms with E-state index >= 15 is 0 Å². The zero-order valence-electron chi connectivity index (χ0n) is 16.0. The van der Waals surface area contributed by atoms with E-state index in [9.17, 15) is 14.9 Å². The standard InChI is InChI=1S/C21H15BrClN3O4S/c1-11-8-12(23)2-6-17(11)24-21-25-20(27)19(31-21)10-14-4-7-18(30-14)15-5-3-13(26(28)29)9-16(15)22/h2-10,21,24H,1H3,(H,25,27)/b19-10-. The molecule has 1 saturated heterocycles. The topological polar surface area (TPSA) is 97.4 Å². The Morgan fingerprint density at radius 3 is 2.77 bits per heavy atom. The van der Waals surface area contributed by atoms with Crippen LogP contribution >= 0.6 is 39.3 Å². The summed E-state index contributed by atoms with van der Waals surface area (Å²) < 4.78 is 6.39. The highest BCUT2D eigenvalue weighted by molar-refractivity contribution is 9.10. The molecular weight excluding hydrogens is 506 g/mol. The normalized spacial score (nSPS) is 17.1. The van der Waals surface area contributed by atoms with Crippen LogP contribution in [0.4, 0.5) is 11.4 Å². The van der Waals surface area contributed by atoms with Crippen LogP contribution in [-0.4, -0.2) is 16.3 Å². The molecular formula is C21H15BrClN3O4S. The van der Waals surface area contributed by atoms with Gasteiger partial charge in [0.15, 0.2) is 5.50 Å². The lowest BCUT2D eigenvalue weighted by Crippen LogP contribution is -2.31. The van der Waals surface area contributed by atoms with Gasteiger partial charge in [0, 0.05) is 39.0 Å². The molecule has 31 heavy (non-hydrogen) atoms. The molecule has 1 unspecified atom stereocenters. The lowest BCUT2D eigenvalue weighted by Gasteiger charge is -2.14. The molecule has 3 aromatic rings. The van der Waals surface area contributed by atoms with E-state index in [1.54, 1.807) is 30.3 Å². The van der Waals surface area contributed by atoms with Crippen molar-refractivity contribution in [2.75, 3.05) is 5.32 Å². The Morgan fingerprint density at radius 1 is 1.26 bits per heavy atom. The first-order chi connectivity index (χ1) is 14.8. The van der Waals surface area contributed by atoms with Gasteiger partial charge in [-0.1, -0.05) is 23.4 Å². The van der Waals surface area contributed by atoms with Gasteiger partial charge >= 0.3 is 0 Å². The van der Waals surface area contributed by atoms with E-state index in [0.717, 1.165) is 11.3 Å². The number of aryl methyl sites for hydroxylation is 1. The Kier molecular flexibility index (Phi) is 6.08. The average Bonchev–Trinajstić information content (AvgIpc) is 3.31. The largest absolute Gasteiger partial charge is 0.457 e. The van der Waals surface area contributed by atoms with E-state index in [1.807, 2.05) is 19.1 Å². The van der Waals surface area contributed by atoms with Crippen LogP contribution in [0.1, 0.15) is 11.3 Å². The maximum Gasteiger partial charge on any atom is 0.270 e. The molecule has 158 valence electrons. The molecule has 4 rings (SSSR count). The highest BCUT2D eigenvalue weighted by Crippen LogP contribution is 2.35. The number of carbonyl (C=O) groups excluding carboxylic acids is 1. The molecule has 2 N–H and O–H groups in total. The van der Waals surface area contributed by atoms with E-state index in [-0.39, 0.29) is 17.1 Å². The van der Waals surface area contributed by atoms with Gasteiger partial charge in [-0.25, -0.2) is 0 Å². The summed E-state index contributed by atoms with van der Waals surface area (Å²) in [6, 6.07) is 13.5. The van der Waals surface area contributed by atoms with Crippen molar-refractivity contribution >= 4 is 62.7 Å². The minimum atomic E-state index is -0.460. The van der Waals surface area contributed by atoms with Gasteiger partial charge in [-0.3, -0.25) is 14.9 Å². The molecule has 0 spiro atoms. The number of nitro benzene ring substituents is 1. The maximum atomic E-state index is 12.4. The fraction of sp³-hybridized carbons (Fsp3) is 0.0952. The second-order valence-electron chi connectivity index (χ2n) is 6.71. The molecule has 10 heteroatoms. The maximum absolute atomic E-state index is 12.4. The van der Waals surface area contributed by atoms with Gasteiger partial charge in [-0.05, 0) is 64.8 Å². The van der Waals surface area contributed by atoms with Crippen molar-refractivity contribution in [3.63, 3.8) is 0 Å². The lowest BCUT2D eigenvalue weighted by atomic mass is 10.1. The third-order valence-corrected chi connectivity index (χ3v) is 6.45. The Balaban J connectivity index is 1.50. The Hall–Kier alpha value is -2.75. The van der Waals surface area contributed by atoms with Crippen LogP contribution in [0.25, 0.3) is 17.4 Å². The summed E-state index contributed by atoms with van der Waals surface area (Å²) in [6.45, 7) is 1.94. The third-order valence-electron chi connectivity index (χ3n) is 4.53. The zero-order chi connectivity index (χ0) is 22.1. The van der Waals surface area contributed by atoms with Crippen molar-refractivity contribution in [3.8, 4) is 11.3 Å². The van der Waals surface area contributed by atoms with Gasteiger partial charge in [-0.2, -0.15) is 0 Å². The molecule has 0 aliphatic carbocycles. The van der Waals surface area contributed by atoms with Gasteiger partial charge in [0.05, 0.1) is 9.83 Å². The van der Waals surface area contributed by atoms with Crippen LogP contribution in [0.15, 0.2) is 62.3 Å². The number of nitrogens with one attached hydrogen (secondary N) is 2. The monoisotopic (exact) mass is 519 g/mol. The molecule has 0 radical (unpaired) electrons. The van der Waals surface area contributed by atoms with Gasteiger partial charge in [0.1, 0.15) is 11.5 Å². The lowest BCUT2D eigenvalue weighted by molar-refractivity contribution is -0.384. The minimum absolute atomic E-state index is 0.0157. The quantitative estimate of drug-likeness (QED) is 0.237. The number of carbonyl (C=O) groups is 1. The number of nitro groups is 1. The number of hydrogen-bond acceptors (Lipinski definition) is 6. The van der Waals surface area contributed by atoms with Crippen molar-refractivity contribution in [1.29, 1.82) is 0 Å².